The van der Waals surface area contributed by atoms with Gasteiger partial charge in [-0.15, -0.1) is 0 Å². The Morgan fingerprint density at radius 2 is 1.67 bits per heavy atom. The van der Waals surface area contributed by atoms with Crippen molar-refractivity contribution in [3.05, 3.63) is 95.8 Å². The summed E-state index contributed by atoms with van der Waals surface area (Å²) in [5, 5.41) is 0.597. The Kier molecular flexibility index (Phi) is 8.17. The number of ether oxygens (including phenoxy) is 2. The summed E-state index contributed by atoms with van der Waals surface area (Å²) >= 11 is 16.4. The Labute approximate surface area is 205 Å². The molecule has 0 radical (unpaired) electrons. The second kappa shape index (κ2) is 10.6. The number of carbonyl (C=O) groups excluding carboxylic acids is 1. The lowest BCUT2D eigenvalue weighted by atomic mass is 10.1. The molecule has 154 valence electrons. The predicted molar refractivity (Wildman–Crippen MR) is 132 cm³/mol. The Morgan fingerprint density at radius 1 is 1.00 bits per heavy atom. The fraction of sp³-hybridized carbons (Fsp3) is 0.0870. The predicted octanol–water partition coefficient (Wildman–Crippen LogP) is 8.11. The number of carbonyl (C=O) groups is 1. The Balaban J connectivity index is 1.78. The van der Waals surface area contributed by atoms with Gasteiger partial charge in [-0.2, -0.15) is 0 Å². The fourth-order valence-corrected chi connectivity index (χ4v) is 5.33. The summed E-state index contributed by atoms with van der Waals surface area (Å²) in [6, 6.07) is 16.3. The zero-order chi connectivity index (χ0) is 21.7. The highest BCUT2D eigenvalue weighted by molar-refractivity contribution is 9.11. The molecule has 0 N–H and O–H groups in total. The largest absolute Gasteiger partial charge is 0.496 e. The number of hydrogen-bond acceptors (Lipinski definition) is 3. The first kappa shape index (κ1) is 23.1. The molecular formula is C23H16Br3ClO3. The summed E-state index contributed by atoms with van der Waals surface area (Å²) in [4.78, 5) is 12.4. The van der Waals surface area contributed by atoms with E-state index in [-0.39, 0.29) is 5.78 Å². The normalized spacial score (nSPS) is 11.0. The van der Waals surface area contributed by atoms with Gasteiger partial charge in [-0.1, -0.05) is 39.7 Å². The van der Waals surface area contributed by atoms with E-state index in [1.807, 2.05) is 30.3 Å². The number of rotatable bonds is 7. The van der Waals surface area contributed by atoms with Crippen LogP contribution in [0.2, 0.25) is 5.02 Å². The molecule has 3 nitrogen and oxygen atoms in total. The van der Waals surface area contributed by atoms with Crippen LogP contribution >= 0.6 is 59.4 Å². The van der Waals surface area contributed by atoms with E-state index in [2.05, 4.69) is 47.8 Å². The first-order valence-electron chi connectivity index (χ1n) is 8.79. The van der Waals surface area contributed by atoms with Gasteiger partial charge in [0.1, 0.15) is 18.1 Å². The molecule has 0 aliphatic rings. The van der Waals surface area contributed by atoms with Gasteiger partial charge in [-0.3, -0.25) is 4.79 Å². The lowest BCUT2D eigenvalue weighted by Gasteiger charge is -2.14. The van der Waals surface area contributed by atoms with Gasteiger partial charge in [-0.25, -0.2) is 0 Å². The molecule has 30 heavy (non-hydrogen) atoms. The van der Waals surface area contributed by atoms with Gasteiger partial charge in [0, 0.05) is 20.6 Å². The summed E-state index contributed by atoms with van der Waals surface area (Å²) in [6.07, 6.45) is 3.31. The second-order valence-corrected chi connectivity index (χ2v) is 9.32. The van der Waals surface area contributed by atoms with Crippen LogP contribution in [0.15, 0.2) is 74.1 Å². The highest BCUT2D eigenvalue weighted by Gasteiger charge is 2.11. The summed E-state index contributed by atoms with van der Waals surface area (Å²) in [7, 11) is 1.61. The fourth-order valence-electron chi connectivity index (χ4n) is 2.71. The van der Waals surface area contributed by atoms with Crippen LogP contribution < -0.4 is 9.47 Å². The number of ketones is 1. The molecule has 0 unspecified atom stereocenters. The van der Waals surface area contributed by atoms with Crippen LogP contribution in [0.5, 0.6) is 11.5 Å². The first-order chi connectivity index (χ1) is 14.4. The average molecular weight is 616 g/mol. The lowest BCUT2D eigenvalue weighted by Crippen LogP contribution is -2.00. The summed E-state index contributed by atoms with van der Waals surface area (Å²) in [5.41, 5.74) is 2.31. The monoisotopic (exact) mass is 612 g/mol. The first-order valence-corrected chi connectivity index (χ1v) is 11.6. The van der Waals surface area contributed by atoms with Gasteiger partial charge < -0.3 is 9.47 Å². The molecule has 0 saturated carbocycles. The van der Waals surface area contributed by atoms with E-state index >= 15 is 0 Å². The molecule has 0 heterocycles. The van der Waals surface area contributed by atoms with Crippen molar-refractivity contribution in [1.29, 1.82) is 0 Å². The minimum Gasteiger partial charge on any atom is -0.496 e. The quantitative estimate of drug-likeness (QED) is 0.199. The molecule has 0 aromatic heterocycles. The van der Waals surface area contributed by atoms with E-state index < -0.39 is 0 Å². The zero-order valence-corrected chi connectivity index (χ0v) is 21.3. The van der Waals surface area contributed by atoms with Crippen LogP contribution in [0.3, 0.4) is 0 Å². The average Bonchev–Trinajstić information content (AvgIpc) is 2.71. The van der Waals surface area contributed by atoms with Crippen molar-refractivity contribution < 1.29 is 14.3 Å². The number of hydrogen-bond donors (Lipinski definition) is 0. The van der Waals surface area contributed by atoms with Crippen LogP contribution in [-0.4, -0.2) is 12.9 Å². The SMILES string of the molecule is COc1ccc(/C=C/C(=O)c2ccc(Cl)cc2)cc1COc1c(Br)cc(Br)cc1Br. The van der Waals surface area contributed by atoms with E-state index in [0.29, 0.717) is 28.7 Å². The molecule has 3 aromatic carbocycles. The maximum absolute atomic E-state index is 12.4. The van der Waals surface area contributed by atoms with Gasteiger partial charge in [0.25, 0.3) is 0 Å². The highest BCUT2D eigenvalue weighted by Crippen LogP contribution is 2.37. The van der Waals surface area contributed by atoms with Gasteiger partial charge in [0.2, 0.25) is 0 Å². The van der Waals surface area contributed by atoms with Gasteiger partial charge in [0.15, 0.2) is 5.78 Å². The van der Waals surface area contributed by atoms with Crippen LogP contribution in [0.25, 0.3) is 6.08 Å². The summed E-state index contributed by atoms with van der Waals surface area (Å²) in [5.74, 6) is 1.31. The Hall–Kier alpha value is -1.60. The molecule has 0 fully saturated rings. The summed E-state index contributed by atoms with van der Waals surface area (Å²) in [6.45, 7) is 0.300. The molecule has 0 amide bonds. The highest BCUT2D eigenvalue weighted by atomic mass is 79.9. The van der Waals surface area contributed by atoms with Crippen LogP contribution in [0, 0.1) is 0 Å². The van der Waals surface area contributed by atoms with Crippen LogP contribution in [-0.2, 0) is 6.61 Å². The summed E-state index contributed by atoms with van der Waals surface area (Å²) < 4.78 is 14.1. The number of allylic oxidation sites excluding steroid dienone is 1. The van der Waals surface area contributed by atoms with Crippen molar-refractivity contribution >= 4 is 71.3 Å². The van der Waals surface area contributed by atoms with Crippen molar-refractivity contribution in [1.82, 2.24) is 0 Å². The van der Waals surface area contributed by atoms with Crippen LogP contribution in [0.1, 0.15) is 21.5 Å². The molecule has 0 atom stereocenters. The zero-order valence-electron chi connectivity index (χ0n) is 15.8. The molecule has 0 bridgehead atoms. The molecule has 0 aliphatic carbocycles. The van der Waals surface area contributed by atoms with Gasteiger partial charge >= 0.3 is 0 Å². The van der Waals surface area contributed by atoms with Crippen molar-refractivity contribution in [2.45, 2.75) is 6.61 Å². The smallest absolute Gasteiger partial charge is 0.185 e. The maximum atomic E-state index is 12.4. The van der Waals surface area contributed by atoms with E-state index in [1.165, 1.54) is 6.08 Å². The van der Waals surface area contributed by atoms with E-state index in [9.17, 15) is 4.79 Å². The Bertz CT molecular complexity index is 1070. The van der Waals surface area contributed by atoms with Crippen molar-refractivity contribution in [3.63, 3.8) is 0 Å². The third-order valence-corrected chi connectivity index (χ3v) is 6.08. The third kappa shape index (κ3) is 5.97. The number of benzene rings is 3. The van der Waals surface area contributed by atoms with Crippen molar-refractivity contribution in [3.8, 4) is 11.5 Å². The van der Waals surface area contributed by atoms with Crippen molar-refractivity contribution in [2.24, 2.45) is 0 Å². The van der Waals surface area contributed by atoms with Crippen LogP contribution in [0.4, 0.5) is 0 Å². The van der Waals surface area contributed by atoms with E-state index in [0.717, 1.165) is 24.5 Å². The topological polar surface area (TPSA) is 35.5 Å². The maximum Gasteiger partial charge on any atom is 0.185 e. The minimum atomic E-state index is -0.0944. The molecule has 0 saturated heterocycles. The molecule has 3 rings (SSSR count). The third-order valence-electron chi connectivity index (χ3n) is 4.20. The lowest BCUT2D eigenvalue weighted by molar-refractivity contribution is 0.104. The van der Waals surface area contributed by atoms with E-state index in [4.69, 9.17) is 21.1 Å². The van der Waals surface area contributed by atoms with Gasteiger partial charge in [0.05, 0.1) is 16.1 Å². The minimum absolute atomic E-state index is 0.0944. The Morgan fingerprint density at radius 3 is 2.30 bits per heavy atom. The van der Waals surface area contributed by atoms with Crippen molar-refractivity contribution in [2.75, 3.05) is 7.11 Å². The number of halogens is 4. The molecule has 7 heteroatoms. The molecule has 0 spiro atoms. The van der Waals surface area contributed by atoms with Gasteiger partial charge in [-0.05, 0) is 92.0 Å². The molecule has 3 aromatic rings. The number of methoxy groups -OCH3 is 1. The second-order valence-electron chi connectivity index (χ2n) is 6.26. The standard InChI is InChI=1S/C23H16Br3ClO3/c1-29-22-9-3-14(2-8-21(28)15-4-6-18(27)7-5-15)10-16(22)13-30-23-19(25)11-17(24)12-20(23)26/h2-12H,13H2,1H3/b8-2+. The molecular weight excluding hydrogens is 599 g/mol. The van der Waals surface area contributed by atoms with E-state index in [1.54, 1.807) is 37.5 Å². The molecule has 0 aliphatic heterocycles.